The molecule has 2 rings (SSSR count). The summed E-state index contributed by atoms with van der Waals surface area (Å²) in [4.78, 5) is 11.6. The fraction of sp³-hybridized carbons (Fsp3) is 0.667. The lowest BCUT2D eigenvalue weighted by atomic mass is 10.0. The Balaban J connectivity index is 1.60. The van der Waals surface area contributed by atoms with Gasteiger partial charge in [-0.1, -0.05) is 0 Å². The number of nitrogens with one attached hydrogen (secondary N) is 2. The van der Waals surface area contributed by atoms with Crippen molar-refractivity contribution in [3.8, 4) is 0 Å². The van der Waals surface area contributed by atoms with E-state index < -0.39 is 0 Å². The van der Waals surface area contributed by atoms with Crippen LogP contribution < -0.4 is 5.32 Å². The molecule has 0 aromatic carbocycles. The minimum atomic E-state index is 0.0837. The Labute approximate surface area is 101 Å². The summed E-state index contributed by atoms with van der Waals surface area (Å²) in [5, 5.41) is 9.41. The maximum absolute atomic E-state index is 11.6. The van der Waals surface area contributed by atoms with Crippen molar-refractivity contribution in [2.75, 3.05) is 6.61 Å². The normalized spacial score (nSPS) is 20.1. The Bertz CT molecular complexity index is 332. The van der Waals surface area contributed by atoms with Gasteiger partial charge in [-0.15, -0.1) is 0 Å². The molecule has 1 saturated heterocycles. The summed E-state index contributed by atoms with van der Waals surface area (Å²) in [5.41, 5.74) is 0.993. The summed E-state index contributed by atoms with van der Waals surface area (Å²) in [7, 11) is 0. The second kappa shape index (κ2) is 6.39. The molecule has 0 saturated carbocycles. The second-order valence-corrected chi connectivity index (χ2v) is 4.41. The van der Waals surface area contributed by atoms with E-state index in [9.17, 15) is 4.79 Å². The van der Waals surface area contributed by atoms with Crippen LogP contribution in [0.1, 0.15) is 37.7 Å². The van der Waals surface area contributed by atoms with Crippen LogP contribution in [0.15, 0.2) is 12.4 Å². The van der Waals surface area contributed by atoms with Crippen LogP contribution in [0.2, 0.25) is 0 Å². The van der Waals surface area contributed by atoms with Gasteiger partial charge in [0.15, 0.2) is 0 Å². The van der Waals surface area contributed by atoms with Gasteiger partial charge in [0.25, 0.3) is 0 Å². The summed E-state index contributed by atoms with van der Waals surface area (Å²) in [6.07, 6.45) is 8.62. The number of ether oxygens (including phenoxy) is 1. The molecule has 1 fully saturated rings. The smallest absolute Gasteiger partial charge is 0.220 e. The molecular formula is C12H19N3O2. The zero-order valence-corrected chi connectivity index (χ0v) is 9.95. The van der Waals surface area contributed by atoms with Gasteiger partial charge in [0.2, 0.25) is 5.91 Å². The lowest BCUT2D eigenvalue weighted by molar-refractivity contribution is -0.122. The number of carbonyl (C=O) groups excluding carboxylic acids is 1. The predicted molar refractivity (Wildman–Crippen MR) is 63.3 cm³/mol. The number of amides is 1. The van der Waals surface area contributed by atoms with Crippen LogP contribution in [-0.4, -0.2) is 28.8 Å². The van der Waals surface area contributed by atoms with Crippen molar-refractivity contribution < 1.29 is 9.53 Å². The number of nitrogens with zero attached hydrogens (tertiary/aromatic N) is 1. The molecule has 1 amide bonds. The number of hydrogen-bond donors (Lipinski definition) is 2. The topological polar surface area (TPSA) is 67.0 Å². The Kier molecular flexibility index (Phi) is 4.55. The van der Waals surface area contributed by atoms with Gasteiger partial charge in [0.05, 0.1) is 12.3 Å². The highest BCUT2D eigenvalue weighted by molar-refractivity contribution is 5.75. The Morgan fingerprint density at radius 3 is 3.24 bits per heavy atom. The number of carbonyl (C=O) groups is 1. The largest absolute Gasteiger partial charge is 0.378 e. The van der Waals surface area contributed by atoms with E-state index in [4.69, 9.17) is 4.74 Å². The Hall–Kier alpha value is -1.36. The Morgan fingerprint density at radius 2 is 2.53 bits per heavy atom. The molecule has 1 aromatic rings. The first-order chi connectivity index (χ1) is 8.34. The number of aromatic amines is 1. The van der Waals surface area contributed by atoms with E-state index in [1.807, 2.05) is 0 Å². The number of aromatic nitrogens is 2. The van der Waals surface area contributed by atoms with Gasteiger partial charge >= 0.3 is 0 Å². The van der Waals surface area contributed by atoms with E-state index in [1.54, 1.807) is 12.4 Å². The van der Waals surface area contributed by atoms with E-state index in [-0.39, 0.29) is 12.0 Å². The summed E-state index contributed by atoms with van der Waals surface area (Å²) in [5.74, 6) is 0.0837. The van der Waals surface area contributed by atoms with Crippen LogP contribution in [0.5, 0.6) is 0 Å². The molecular weight excluding hydrogens is 218 g/mol. The van der Waals surface area contributed by atoms with Crippen LogP contribution in [0.25, 0.3) is 0 Å². The molecule has 17 heavy (non-hydrogen) atoms. The zero-order chi connectivity index (χ0) is 11.9. The first kappa shape index (κ1) is 12.1. The first-order valence-corrected chi connectivity index (χ1v) is 6.20. The molecule has 2 N–H and O–H groups in total. The van der Waals surface area contributed by atoms with Gasteiger partial charge in [-0.25, -0.2) is 0 Å². The van der Waals surface area contributed by atoms with Crippen molar-refractivity contribution in [3.63, 3.8) is 0 Å². The molecule has 94 valence electrons. The zero-order valence-electron chi connectivity index (χ0n) is 9.95. The van der Waals surface area contributed by atoms with Crippen molar-refractivity contribution in [3.05, 3.63) is 18.0 Å². The number of hydrogen-bond acceptors (Lipinski definition) is 3. The van der Waals surface area contributed by atoms with E-state index in [0.29, 0.717) is 13.0 Å². The third-order valence-corrected chi connectivity index (χ3v) is 3.01. The van der Waals surface area contributed by atoms with E-state index in [0.717, 1.165) is 31.4 Å². The summed E-state index contributed by atoms with van der Waals surface area (Å²) >= 11 is 0. The number of H-pyrrole nitrogens is 1. The Morgan fingerprint density at radius 1 is 1.59 bits per heavy atom. The first-order valence-electron chi connectivity index (χ1n) is 6.20. The lowest BCUT2D eigenvalue weighted by Gasteiger charge is -2.22. The molecule has 5 heteroatoms. The molecule has 0 aliphatic carbocycles. The maximum atomic E-state index is 11.6. The summed E-state index contributed by atoms with van der Waals surface area (Å²) in [6, 6.07) is 0. The number of rotatable bonds is 5. The van der Waals surface area contributed by atoms with Crippen molar-refractivity contribution >= 4 is 5.91 Å². The van der Waals surface area contributed by atoms with Gasteiger partial charge in [0.1, 0.15) is 0 Å². The molecule has 1 aromatic heterocycles. The van der Waals surface area contributed by atoms with E-state index >= 15 is 0 Å². The highest BCUT2D eigenvalue weighted by Gasteiger charge is 2.15. The molecule has 1 atom stereocenters. The molecule has 0 spiro atoms. The third-order valence-electron chi connectivity index (χ3n) is 3.01. The monoisotopic (exact) mass is 237 g/mol. The highest BCUT2D eigenvalue weighted by Crippen LogP contribution is 2.16. The van der Waals surface area contributed by atoms with E-state index in [2.05, 4.69) is 15.5 Å². The standard InChI is InChI=1S/C12H19N3O2/c16-12(13-7-10-8-14-15-9-10)5-4-11-3-1-2-6-17-11/h8-9,11H,1-7H2,(H,13,16)(H,14,15). The van der Waals surface area contributed by atoms with Crippen LogP contribution in [0.3, 0.4) is 0 Å². The van der Waals surface area contributed by atoms with E-state index in [1.165, 1.54) is 6.42 Å². The summed E-state index contributed by atoms with van der Waals surface area (Å²) in [6.45, 7) is 1.39. The average Bonchev–Trinajstić information content (AvgIpc) is 2.88. The van der Waals surface area contributed by atoms with Crippen LogP contribution >= 0.6 is 0 Å². The molecule has 1 aliphatic rings. The quantitative estimate of drug-likeness (QED) is 0.813. The van der Waals surface area contributed by atoms with Crippen molar-refractivity contribution in [2.45, 2.75) is 44.8 Å². The van der Waals surface area contributed by atoms with Gasteiger partial charge in [0, 0.05) is 31.3 Å². The van der Waals surface area contributed by atoms with Crippen molar-refractivity contribution in [2.24, 2.45) is 0 Å². The molecule has 2 heterocycles. The van der Waals surface area contributed by atoms with Crippen molar-refractivity contribution in [1.29, 1.82) is 0 Å². The lowest BCUT2D eigenvalue weighted by Crippen LogP contribution is -2.26. The summed E-state index contributed by atoms with van der Waals surface area (Å²) < 4.78 is 5.58. The minimum Gasteiger partial charge on any atom is -0.378 e. The fourth-order valence-corrected chi connectivity index (χ4v) is 1.99. The van der Waals surface area contributed by atoms with Crippen LogP contribution in [-0.2, 0) is 16.1 Å². The molecule has 1 aliphatic heterocycles. The molecule has 1 unspecified atom stereocenters. The minimum absolute atomic E-state index is 0.0837. The molecule has 0 bridgehead atoms. The van der Waals surface area contributed by atoms with Crippen molar-refractivity contribution in [1.82, 2.24) is 15.5 Å². The van der Waals surface area contributed by atoms with Gasteiger partial charge in [-0.2, -0.15) is 5.10 Å². The van der Waals surface area contributed by atoms with Crippen LogP contribution in [0, 0.1) is 0 Å². The second-order valence-electron chi connectivity index (χ2n) is 4.41. The predicted octanol–water partition coefficient (Wildman–Crippen LogP) is 1.38. The van der Waals surface area contributed by atoms with Gasteiger partial charge < -0.3 is 10.1 Å². The third kappa shape index (κ3) is 4.19. The average molecular weight is 237 g/mol. The fourth-order valence-electron chi connectivity index (χ4n) is 1.99. The highest BCUT2D eigenvalue weighted by atomic mass is 16.5. The maximum Gasteiger partial charge on any atom is 0.220 e. The van der Waals surface area contributed by atoms with Gasteiger partial charge in [-0.3, -0.25) is 9.89 Å². The van der Waals surface area contributed by atoms with Crippen LogP contribution in [0.4, 0.5) is 0 Å². The molecule has 5 nitrogen and oxygen atoms in total. The SMILES string of the molecule is O=C(CCC1CCCCO1)NCc1cn[nH]c1. The van der Waals surface area contributed by atoms with Gasteiger partial charge in [-0.05, 0) is 25.7 Å². The molecule has 0 radical (unpaired) electrons.